The standard InChI is InChI=1S/C5H4BClFNO2/c7-5-3(8)1-2-4(9-5)6(10)11/h1-2,10-11H. The molecule has 11 heavy (non-hydrogen) atoms. The van der Waals surface area contributed by atoms with Crippen LogP contribution in [0.5, 0.6) is 0 Å². The second-order valence-electron chi connectivity index (χ2n) is 1.88. The zero-order chi connectivity index (χ0) is 8.43. The number of hydrogen-bond donors (Lipinski definition) is 2. The van der Waals surface area contributed by atoms with Gasteiger partial charge in [-0.05, 0) is 12.1 Å². The second kappa shape index (κ2) is 3.17. The maximum Gasteiger partial charge on any atom is 0.508 e. The molecular formula is C5H4BClFNO2. The van der Waals surface area contributed by atoms with Crippen LogP contribution in [0.1, 0.15) is 0 Å². The first-order valence-electron chi connectivity index (χ1n) is 2.79. The molecule has 58 valence electrons. The molecule has 2 N–H and O–H groups in total. The van der Waals surface area contributed by atoms with Crippen LogP contribution in [0.15, 0.2) is 12.1 Å². The maximum atomic E-state index is 12.4. The Kier molecular flexibility index (Phi) is 2.43. The van der Waals surface area contributed by atoms with Crippen LogP contribution in [-0.4, -0.2) is 22.2 Å². The average Bonchev–Trinajstić information content (AvgIpc) is 1.94. The van der Waals surface area contributed by atoms with Crippen molar-refractivity contribution < 1.29 is 14.4 Å². The third-order valence-corrected chi connectivity index (χ3v) is 1.35. The molecule has 6 heteroatoms. The molecule has 0 aliphatic rings. The van der Waals surface area contributed by atoms with Crippen molar-refractivity contribution in [1.82, 2.24) is 4.98 Å². The first-order valence-corrected chi connectivity index (χ1v) is 3.17. The van der Waals surface area contributed by atoms with Gasteiger partial charge < -0.3 is 10.0 Å². The number of aromatic nitrogens is 1. The van der Waals surface area contributed by atoms with E-state index < -0.39 is 12.9 Å². The topological polar surface area (TPSA) is 53.4 Å². The van der Waals surface area contributed by atoms with Crippen molar-refractivity contribution in [3.63, 3.8) is 0 Å². The highest BCUT2D eigenvalue weighted by Crippen LogP contribution is 2.06. The molecule has 0 aliphatic heterocycles. The van der Waals surface area contributed by atoms with E-state index in [1.165, 1.54) is 0 Å². The Hall–Kier alpha value is -0.645. The molecular weight excluding hydrogens is 171 g/mol. The summed E-state index contributed by atoms with van der Waals surface area (Å²) in [7, 11) is -1.71. The predicted molar refractivity (Wildman–Crippen MR) is 39.0 cm³/mol. The molecule has 0 aliphatic carbocycles. The SMILES string of the molecule is OB(O)c1ccc(F)c(Cl)n1. The normalized spacial score (nSPS) is 9.82. The number of rotatable bonds is 1. The Morgan fingerprint density at radius 2 is 2.09 bits per heavy atom. The van der Waals surface area contributed by atoms with E-state index in [2.05, 4.69) is 4.98 Å². The molecule has 0 bridgehead atoms. The molecule has 3 nitrogen and oxygen atoms in total. The van der Waals surface area contributed by atoms with E-state index in [9.17, 15) is 4.39 Å². The summed E-state index contributed by atoms with van der Waals surface area (Å²) < 4.78 is 12.4. The van der Waals surface area contributed by atoms with Gasteiger partial charge in [-0.2, -0.15) is 0 Å². The summed E-state index contributed by atoms with van der Waals surface area (Å²) in [5.41, 5.74) is -0.0728. The minimum absolute atomic E-state index is 0.0728. The van der Waals surface area contributed by atoms with Crippen LogP contribution in [0.4, 0.5) is 4.39 Å². The molecule has 0 unspecified atom stereocenters. The van der Waals surface area contributed by atoms with Gasteiger partial charge in [0.1, 0.15) is 0 Å². The van der Waals surface area contributed by atoms with Crippen molar-refractivity contribution in [2.45, 2.75) is 0 Å². The van der Waals surface area contributed by atoms with E-state index in [0.29, 0.717) is 0 Å². The molecule has 1 heterocycles. The number of pyridine rings is 1. The lowest BCUT2D eigenvalue weighted by Crippen LogP contribution is -2.32. The summed E-state index contributed by atoms with van der Waals surface area (Å²) in [4.78, 5) is 3.36. The Labute approximate surface area is 67.6 Å². The van der Waals surface area contributed by atoms with Crippen LogP contribution in [0.25, 0.3) is 0 Å². The van der Waals surface area contributed by atoms with Crippen LogP contribution in [-0.2, 0) is 0 Å². The van der Waals surface area contributed by atoms with Crippen molar-refractivity contribution in [2.75, 3.05) is 0 Å². The Morgan fingerprint density at radius 3 is 2.55 bits per heavy atom. The van der Waals surface area contributed by atoms with Gasteiger partial charge in [0.25, 0.3) is 0 Å². The van der Waals surface area contributed by atoms with Gasteiger partial charge in [0.05, 0.1) is 5.59 Å². The number of hydrogen-bond acceptors (Lipinski definition) is 3. The Morgan fingerprint density at radius 1 is 1.45 bits per heavy atom. The van der Waals surface area contributed by atoms with Crippen LogP contribution in [0, 0.1) is 5.82 Å². The molecule has 0 saturated heterocycles. The summed E-state index contributed by atoms with van der Waals surface area (Å²) in [6, 6.07) is 2.16. The number of nitrogens with zero attached hydrogens (tertiary/aromatic N) is 1. The van der Waals surface area contributed by atoms with Gasteiger partial charge in [0, 0.05) is 0 Å². The first-order chi connectivity index (χ1) is 5.11. The minimum Gasteiger partial charge on any atom is -0.422 e. The zero-order valence-electron chi connectivity index (χ0n) is 5.33. The maximum absolute atomic E-state index is 12.4. The number of halogens is 2. The molecule has 1 rings (SSSR count). The van der Waals surface area contributed by atoms with Gasteiger partial charge >= 0.3 is 7.12 Å². The molecule has 0 radical (unpaired) electrons. The molecule has 0 saturated carbocycles. The lowest BCUT2D eigenvalue weighted by atomic mass is 9.86. The Bertz CT molecular complexity index is 271. The van der Waals surface area contributed by atoms with Crippen molar-refractivity contribution in [3.8, 4) is 0 Å². The monoisotopic (exact) mass is 175 g/mol. The fraction of sp³-hybridized carbons (Fsp3) is 0. The molecule has 0 aromatic carbocycles. The predicted octanol–water partition coefficient (Wildman–Crippen LogP) is -0.446. The lowest BCUT2D eigenvalue weighted by Gasteiger charge is -1.98. The zero-order valence-corrected chi connectivity index (χ0v) is 6.09. The smallest absolute Gasteiger partial charge is 0.422 e. The molecule has 1 aromatic heterocycles. The van der Waals surface area contributed by atoms with E-state index in [-0.39, 0.29) is 10.7 Å². The molecule has 0 spiro atoms. The van der Waals surface area contributed by atoms with Crippen LogP contribution >= 0.6 is 11.6 Å². The van der Waals surface area contributed by atoms with Crippen LogP contribution in [0.3, 0.4) is 0 Å². The highest BCUT2D eigenvalue weighted by molar-refractivity contribution is 6.57. The fourth-order valence-corrected chi connectivity index (χ4v) is 0.736. The summed E-state index contributed by atoms with van der Waals surface area (Å²) >= 11 is 5.25. The van der Waals surface area contributed by atoms with E-state index in [1.54, 1.807) is 0 Å². The first kappa shape index (κ1) is 8.45. The largest absolute Gasteiger partial charge is 0.508 e. The highest BCUT2D eigenvalue weighted by Gasteiger charge is 2.14. The highest BCUT2D eigenvalue weighted by atomic mass is 35.5. The van der Waals surface area contributed by atoms with Crippen LogP contribution in [0.2, 0.25) is 5.15 Å². The molecule has 0 atom stereocenters. The van der Waals surface area contributed by atoms with Gasteiger partial charge in [0.15, 0.2) is 11.0 Å². The van der Waals surface area contributed by atoms with Crippen molar-refractivity contribution >= 4 is 24.3 Å². The molecule has 1 aromatic rings. The van der Waals surface area contributed by atoms with Gasteiger partial charge in [-0.15, -0.1) is 0 Å². The third-order valence-electron chi connectivity index (χ3n) is 1.09. The molecule has 0 amide bonds. The van der Waals surface area contributed by atoms with Gasteiger partial charge in [-0.25, -0.2) is 9.37 Å². The minimum atomic E-state index is -1.71. The van der Waals surface area contributed by atoms with Crippen molar-refractivity contribution in [2.24, 2.45) is 0 Å². The second-order valence-corrected chi connectivity index (χ2v) is 2.24. The summed E-state index contributed by atoms with van der Waals surface area (Å²) in [6.07, 6.45) is 0. The van der Waals surface area contributed by atoms with E-state index >= 15 is 0 Å². The van der Waals surface area contributed by atoms with Gasteiger partial charge in [-0.1, -0.05) is 11.6 Å². The molecule has 0 fully saturated rings. The van der Waals surface area contributed by atoms with E-state index in [1.807, 2.05) is 0 Å². The van der Waals surface area contributed by atoms with Crippen molar-refractivity contribution in [3.05, 3.63) is 23.1 Å². The average molecular weight is 175 g/mol. The summed E-state index contributed by atoms with van der Waals surface area (Å²) in [6.45, 7) is 0. The Balaban J connectivity index is 3.05. The lowest BCUT2D eigenvalue weighted by molar-refractivity contribution is 0.424. The summed E-state index contributed by atoms with van der Waals surface area (Å²) in [5, 5.41) is 16.7. The summed E-state index contributed by atoms with van der Waals surface area (Å²) in [5.74, 6) is -0.684. The van der Waals surface area contributed by atoms with Crippen molar-refractivity contribution in [1.29, 1.82) is 0 Å². The van der Waals surface area contributed by atoms with Crippen LogP contribution < -0.4 is 5.59 Å². The van der Waals surface area contributed by atoms with E-state index in [4.69, 9.17) is 21.6 Å². The fourth-order valence-electron chi connectivity index (χ4n) is 0.575. The van der Waals surface area contributed by atoms with Gasteiger partial charge in [-0.3, -0.25) is 0 Å². The van der Waals surface area contributed by atoms with E-state index in [0.717, 1.165) is 12.1 Å². The van der Waals surface area contributed by atoms with Gasteiger partial charge in [0.2, 0.25) is 0 Å². The quantitative estimate of drug-likeness (QED) is 0.449. The third kappa shape index (κ3) is 1.89.